The number of nitrogens with one attached hydrogen (secondary N) is 1. The molecule has 0 radical (unpaired) electrons. The molecule has 0 saturated carbocycles. The van der Waals surface area contributed by atoms with Crippen LogP contribution in [0.1, 0.15) is 38.4 Å². The Kier molecular flexibility index (Phi) is 8.93. The summed E-state index contributed by atoms with van der Waals surface area (Å²) in [5, 5.41) is 7.13. The Morgan fingerprint density at radius 2 is 1.86 bits per heavy atom. The number of piperazine rings is 1. The molecule has 2 aliphatic rings. The minimum Gasteiger partial charge on any atom is -0.357 e. The zero-order valence-corrected chi connectivity index (χ0v) is 19.4. The number of likely N-dealkylation sites (tertiary alicyclic amines) is 1. The third kappa shape index (κ3) is 5.79. The number of aromatic nitrogens is 2. The first-order valence-electron chi connectivity index (χ1n) is 9.93. The number of carbonyl (C=O) groups excluding carboxylic acids is 1. The van der Waals surface area contributed by atoms with Crippen molar-refractivity contribution in [3.05, 3.63) is 11.7 Å². The Morgan fingerprint density at radius 3 is 2.43 bits per heavy atom. The van der Waals surface area contributed by atoms with E-state index in [1.54, 1.807) is 6.92 Å². The number of carbonyl (C=O) groups is 1. The molecule has 0 bridgehead atoms. The van der Waals surface area contributed by atoms with Gasteiger partial charge in [-0.2, -0.15) is 4.98 Å². The Bertz CT molecular complexity index is 652. The molecule has 1 N–H and O–H groups in total. The van der Waals surface area contributed by atoms with Gasteiger partial charge in [-0.3, -0.25) is 9.69 Å². The van der Waals surface area contributed by atoms with Gasteiger partial charge in [-0.15, -0.1) is 24.0 Å². The molecule has 28 heavy (non-hydrogen) atoms. The van der Waals surface area contributed by atoms with E-state index >= 15 is 0 Å². The molecule has 1 aromatic rings. The van der Waals surface area contributed by atoms with E-state index < -0.39 is 0 Å². The molecule has 158 valence electrons. The van der Waals surface area contributed by atoms with Gasteiger partial charge in [0.15, 0.2) is 11.8 Å². The van der Waals surface area contributed by atoms with Crippen LogP contribution < -0.4 is 5.32 Å². The van der Waals surface area contributed by atoms with E-state index in [-0.39, 0.29) is 35.9 Å². The fourth-order valence-corrected chi connectivity index (χ4v) is 3.65. The van der Waals surface area contributed by atoms with E-state index in [4.69, 9.17) is 4.52 Å². The smallest absolute Gasteiger partial charge is 0.248 e. The van der Waals surface area contributed by atoms with Crippen LogP contribution in [0, 0.1) is 6.92 Å². The number of aryl methyl sites for hydroxylation is 1. The number of rotatable bonds is 5. The number of halogens is 1. The van der Waals surface area contributed by atoms with Crippen LogP contribution in [0.5, 0.6) is 0 Å². The molecule has 3 rings (SSSR count). The van der Waals surface area contributed by atoms with Crippen LogP contribution >= 0.6 is 24.0 Å². The van der Waals surface area contributed by atoms with Gasteiger partial charge in [-0.05, 0) is 33.6 Å². The second-order valence-electron chi connectivity index (χ2n) is 7.14. The van der Waals surface area contributed by atoms with Gasteiger partial charge in [0, 0.05) is 45.8 Å². The molecule has 9 nitrogen and oxygen atoms in total. The summed E-state index contributed by atoms with van der Waals surface area (Å²) >= 11 is 0. The lowest BCUT2D eigenvalue weighted by molar-refractivity contribution is -0.135. The first-order chi connectivity index (χ1) is 13.1. The van der Waals surface area contributed by atoms with Crippen LogP contribution in [-0.4, -0.2) is 88.6 Å². The summed E-state index contributed by atoms with van der Waals surface area (Å²) in [6, 6.07) is -0.0499. The van der Waals surface area contributed by atoms with Gasteiger partial charge < -0.3 is 19.6 Å². The van der Waals surface area contributed by atoms with E-state index in [1.807, 2.05) is 11.8 Å². The zero-order chi connectivity index (χ0) is 19.2. The van der Waals surface area contributed by atoms with Crippen molar-refractivity contribution in [2.45, 2.75) is 46.2 Å². The Balaban J connectivity index is 0.00000280. The molecule has 3 heterocycles. The molecule has 2 aliphatic heterocycles. The first-order valence-corrected chi connectivity index (χ1v) is 9.93. The topological polar surface area (TPSA) is 90.1 Å². The van der Waals surface area contributed by atoms with E-state index in [0.29, 0.717) is 18.3 Å². The van der Waals surface area contributed by atoms with Crippen LogP contribution in [0.4, 0.5) is 0 Å². The fourth-order valence-electron chi connectivity index (χ4n) is 3.65. The molecule has 0 spiro atoms. The van der Waals surface area contributed by atoms with Crippen molar-refractivity contribution in [1.82, 2.24) is 30.2 Å². The van der Waals surface area contributed by atoms with Gasteiger partial charge in [-0.1, -0.05) is 5.16 Å². The van der Waals surface area contributed by atoms with E-state index in [1.165, 1.54) is 0 Å². The minimum absolute atomic E-state index is 0. The summed E-state index contributed by atoms with van der Waals surface area (Å²) < 4.78 is 5.14. The minimum atomic E-state index is -0.0499. The third-order valence-electron chi connectivity index (χ3n) is 5.21. The molecule has 1 atom stereocenters. The van der Waals surface area contributed by atoms with E-state index in [2.05, 4.69) is 37.2 Å². The summed E-state index contributed by atoms with van der Waals surface area (Å²) in [6.07, 6.45) is 2.27. The average Bonchev–Trinajstić information content (AvgIpc) is 3.36. The standard InChI is InChI=1S/C18H31N7O2.HI/c1-4-19-18(20-13-16-21-15(3)22-27-16)25-11-9-23(10-12-25)14(2)17(26)24-7-5-6-8-24;/h14H,4-13H2,1-3H3,(H,19,20);1H. The van der Waals surface area contributed by atoms with Crippen LogP contribution in [0.15, 0.2) is 9.52 Å². The largest absolute Gasteiger partial charge is 0.357 e. The molecule has 2 saturated heterocycles. The number of hydrogen-bond donors (Lipinski definition) is 1. The van der Waals surface area contributed by atoms with E-state index in [0.717, 1.165) is 64.6 Å². The second kappa shape index (κ2) is 10.9. The van der Waals surface area contributed by atoms with Crippen molar-refractivity contribution in [2.75, 3.05) is 45.8 Å². The lowest BCUT2D eigenvalue weighted by atomic mass is 10.2. The predicted molar refractivity (Wildman–Crippen MR) is 118 cm³/mol. The highest BCUT2D eigenvalue weighted by Gasteiger charge is 2.30. The van der Waals surface area contributed by atoms with E-state index in [9.17, 15) is 4.79 Å². The van der Waals surface area contributed by atoms with Crippen molar-refractivity contribution in [3.8, 4) is 0 Å². The highest BCUT2D eigenvalue weighted by Crippen LogP contribution is 2.14. The summed E-state index contributed by atoms with van der Waals surface area (Å²) in [5.41, 5.74) is 0. The number of aliphatic imine (C=N–C) groups is 1. The lowest BCUT2D eigenvalue weighted by Crippen LogP contribution is -2.57. The van der Waals surface area contributed by atoms with Gasteiger partial charge in [-0.25, -0.2) is 4.99 Å². The second-order valence-corrected chi connectivity index (χ2v) is 7.14. The molecule has 1 aromatic heterocycles. The van der Waals surface area contributed by atoms with Gasteiger partial charge in [0.25, 0.3) is 0 Å². The summed E-state index contributed by atoms with van der Waals surface area (Å²) in [4.78, 5) is 28.0. The third-order valence-corrected chi connectivity index (χ3v) is 5.21. The van der Waals surface area contributed by atoms with Crippen molar-refractivity contribution < 1.29 is 9.32 Å². The predicted octanol–water partition coefficient (Wildman–Crippen LogP) is 1.09. The number of amides is 1. The van der Waals surface area contributed by atoms with Crippen LogP contribution in [0.25, 0.3) is 0 Å². The Labute approximate surface area is 183 Å². The molecule has 1 amide bonds. The van der Waals surface area contributed by atoms with Gasteiger partial charge >= 0.3 is 0 Å². The first kappa shape index (κ1) is 22.9. The maximum atomic E-state index is 12.6. The lowest BCUT2D eigenvalue weighted by Gasteiger charge is -2.39. The Hall–Kier alpha value is -1.43. The highest BCUT2D eigenvalue weighted by molar-refractivity contribution is 14.0. The van der Waals surface area contributed by atoms with Crippen LogP contribution in [0.3, 0.4) is 0 Å². The molecule has 0 aromatic carbocycles. The maximum absolute atomic E-state index is 12.6. The van der Waals surface area contributed by atoms with Crippen molar-refractivity contribution in [2.24, 2.45) is 4.99 Å². The summed E-state index contributed by atoms with van der Waals surface area (Å²) in [5.74, 6) is 2.27. The van der Waals surface area contributed by atoms with Gasteiger partial charge in [0.05, 0.1) is 6.04 Å². The molecular weight excluding hydrogens is 473 g/mol. The summed E-state index contributed by atoms with van der Waals surface area (Å²) in [7, 11) is 0. The molecule has 1 unspecified atom stereocenters. The highest BCUT2D eigenvalue weighted by atomic mass is 127. The quantitative estimate of drug-likeness (QED) is 0.364. The molecule has 10 heteroatoms. The summed E-state index contributed by atoms with van der Waals surface area (Å²) in [6.45, 7) is 12.3. The fraction of sp³-hybridized carbons (Fsp3) is 0.778. The SMILES string of the molecule is CCNC(=NCc1nc(C)no1)N1CCN(C(C)C(=O)N2CCCC2)CC1.I. The average molecular weight is 505 g/mol. The number of guanidine groups is 1. The maximum Gasteiger partial charge on any atom is 0.248 e. The van der Waals surface area contributed by atoms with Gasteiger partial charge in [0.1, 0.15) is 6.54 Å². The van der Waals surface area contributed by atoms with Crippen molar-refractivity contribution in [3.63, 3.8) is 0 Å². The normalized spacial score (nSPS) is 19.5. The van der Waals surface area contributed by atoms with Crippen LogP contribution in [0.2, 0.25) is 0 Å². The number of hydrogen-bond acceptors (Lipinski definition) is 6. The van der Waals surface area contributed by atoms with Crippen molar-refractivity contribution in [1.29, 1.82) is 0 Å². The van der Waals surface area contributed by atoms with Gasteiger partial charge in [0.2, 0.25) is 11.8 Å². The molecule has 0 aliphatic carbocycles. The molecular formula is C18H32IN7O2. The zero-order valence-electron chi connectivity index (χ0n) is 17.1. The van der Waals surface area contributed by atoms with Crippen molar-refractivity contribution >= 4 is 35.8 Å². The Morgan fingerprint density at radius 1 is 1.18 bits per heavy atom. The molecule has 2 fully saturated rings. The number of nitrogens with zero attached hydrogens (tertiary/aromatic N) is 6. The monoisotopic (exact) mass is 505 g/mol. The van der Waals surface area contributed by atoms with Crippen LogP contribution in [-0.2, 0) is 11.3 Å².